The van der Waals surface area contributed by atoms with Crippen molar-refractivity contribution in [2.24, 2.45) is 0 Å². The Bertz CT molecular complexity index is 941. The van der Waals surface area contributed by atoms with Gasteiger partial charge in [0.25, 0.3) is 0 Å². The molecule has 33 heavy (non-hydrogen) atoms. The maximum absolute atomic E-state index is 13.0. The first-order valence-corrected chi connectivity index (χ1v) is 11.8. The van der Waals surface area contributed by atoms with E-state index in [-0.39, 0.29) is 18.0 Å². The summed E-state index contributed by atoms with van der Waals surface area (Å²) in [5.41, 5.74) is 3.51. The van der Waals surface area contributed by atoms with E-state index in [9.17, 15) is 9.59 Å². The minimum Gasteiger partial charge on any atom is -0.334 e. The number of carbonyl (C=O) groups is 2. The molecule has 0 radical (unpaired) electrons. The number of likely N-dealkylation sites (N-methyl/N-ethyl adjacent to an activating group) is 1. The van der Waals surface area contributed by atoms with Crippen molar-refractivity contribution in [3.05, 3.63) is 65.7 Å². The maximum Gasteiger partial charge on any atom is 0.317 e. The third kappa shape index (κ3) is 6.12. The van der Waals surface area contributed by atoms with Crippen LogP contribution in [0.5, 0.6) is 0 Å². The summed E-state index contributed by atoms with van der Waals surface area (Å²) < 4.78 is 0. The number of carbonyl (C=O) groups excluding carboxylic acids is 2. The van der Waals surface area contributed by atoms with Crippen LogP contribution in [0, 0.1) is 0 Å². The highest BCUT2D eigenvalue weighted by atomic mass is 16.2. The molecule has 4 rings (SSSR count). The number of piperazine rings is 1. The quantitative estimate of drug-likeness (QED) is 0.703. The Hall–Kier alpha value is -2.90. The number of rotatable bonds is 7. The highest BCUT2D eigenvalue weighted by molar-refractivity contribution is 5.96. The van der Waals surface area contributed by atoms with Crippen LogP contribution in [0.1, 0.15) is 11.1 Å². The summed E-state index contributed by atoms with van der Waals surface area (Å²) >= 11 is 0. The molecule has 2 aromatic rings. The van der Waals surface area contributed by atoms with Gasteiger partial charge in [-0.15, -0.1) is 0 Å². The van der Waals surface area contributed by atoms with Gasteiger partial charge in [0, 0.05) is 51.0 Å². The van der Waals surface area contributed by atoms with Gasteiger partial charge in [0.1, 0.15) is 0 Å². The molecule has 1 fully saturated rings. The van der Waals surface area contributed by atoms with Gasteiger partial charge >= 0.3 is 6.03 Å². The fourth-order valence-electron chi connectivity index (χ4n) is 4.75. The van der Waals surface area contributed by atoms with Crippen LogP contribution < -0.4 is 10.2 Å². The van der Waals surface area contributed by atoms with Gasteiger partial charge in [-0.3, -0.25) is 9.69 Å². The van der Waals surface area contributed by atoms with Gasteiger partial charge in [-0.05, 0) is 44.1 Å². The van der Waals surface area contributed by atoms with E-state index in [0.717, 1.165) is 31.6 Å². The van der Waals surface area contributed by atoms with E-state index in [1.807, 2.05) is 60.3 Å². The summed E-state index contributed by atoms with van der Waals surface area (Å²) in [4.78, 5) is 33.9. The first-order chi connectivity index (χ1) is 16.0. The predicted octanol–water partition coefficient (Wildman–Crippen LogP) is 2.08. The van der Waals surface area contributed by atoms with Crippen molar-refractivity contribution >= 4 is 17.6 Å². The molecule has 7 heteroatoms. The van der Waals surface area contributed by atoms with Gasteiger partial charge in [0.2, 0.25) is 5.91 Å². The van der Waals surface area contributed by atoms with Crippen molar-refractivity contribution in [1.82, 2.24) is 20.0 Å². The van der Waals surface area contributed by atoms with Crippen molar-refractivity contribution < 1.29 is 9.59 Å². The Labute approximate surface area is 196 Å². The predicted molar refractivity (Wildman–Crippen MR) is 132 cm³/mol. The van der Waals surface area contributed by atoms with Gasteiger partial charge in [0.15, 0.2) is 0 Å². The van der Waals surface area contributed by atoms with Crippen LogP contribution in [-0.2, 0) is 17.6 Å². The second kappa shape index (κ2) is 10.8. The number of hydrogen-bond acceptors (Lipinski definition) is 4. The minimum atomic E-state index is -0.0165. The molecule has 1 atom stereocenters. The maximum atomic E-state index is 13.0. The molecule has 0 aliphatic carbocycles. The minimum absolute atomic E-state index is 0.0165. The molecule has 2 aliphatic heterocycles. The molecule has 0 spiro atoms. The SMILES string of the molecule is CN(C)C[C@@H](Cc1ccccc1)NC(=O)N1CCN(CC(=O)N2CCc3ccccc32)CC1. The van der Waals surface area contributed by atoms with E-state index in [1.54, 1.807) is 0 Å². The van der Waals surface area contributed by atoms with Gasteiger partial charge in [-0.2, -0.15) is 0 Å². The topological polar surface area (TPSA) is 59.1 Å². The highest BCUT2D eigenvalue weighted by Crippen LogP contribution is 2.27. The Kier molecular flexibility index (Phi) is 7.62. The van der Waals surface area contributed by atoms with E-state index < -0.39 is 0 Å². The number of benzene rings is 2. The molecule has 1 saturated heterocycles. The molecule has 3 amide bonds. The molecule has 0 unspecified atom stereocenters. The Balaban J connectivity index is 1.26. The van der Waals surface area contributed by atoms with Gasteiger partial charge in [-0.25, -0.2) is 4.79 Å². The standard InChI is InChI=1S/C26H35N5O2/c1-28(2)19-23(18-21-8-4-3-5-9-21)27-26(33)30-16-14-29(15-17-30)20-25(32)31-13-12-22-10-6-7-11-24(22)31/h3-11,23H,12-20H2,1-2H3,(H,27,33)/t23-/m1/s1. The summed E-state index contributed by atoms with van der Waals surface area (Å²) in [6.07, 6.45) is 1.73. The molecule has 1 N–H and O–H groups in total. The van der Waals surface area contributed by atoms with Gasteiger partial charge in [0.05, 0.1) is 6.54 Å². The number of nitrogens with zero attached hydrogens (tertiary/aromatic N) is 4. The molecule has 2 aromatic carbocycles. The van der Waals surface area contributed by atoms with Crippen LogP contribution in [0.25, 0.3) is 0 Å². The number of amides is 3. The Morgan fingerprint density at radius 2 is 1.64 bits per heavy atom. The Morgan fingerprint density at radius 1 is 0.939 bits per heavy atom. The molecule has 0 bridgehead atoms. The van der Waals surface area contributed by atoms with E-state index in [1.165, 1.54) is 11.1 Å². The lowest BCUT2D eigenvalue weighted by molar-refractivity contribution is -0.120. The smallest absolute Gasteiger partial charge is 0.317 e. The van der Waals surface area contributed by atoms with E-state index >= 15 is 0 Å². The van der Waals surface area contributed by atoms with E-state index in [4.69, 9.17) is 0 Å². The molecule has 176 valence electrons. The Morgan fingerprint density at radius 3 is 2.36 bits per heavy atom. The number of para-hydroxylation sites is 1. The average molecular weight is 450 g/mol. The van der Waals surface area contributed by atoms with Crippen molar-refractivity contribution in [2.45, 2.75) is 18.9 Å². The lowest BCUT2D eigenvalue weighted by Gasteiger charge is -2.36. The van der Waals surface area contributed by atoms with Gasteiger partial charge < -0.3 is 20.0 Å². The van der Waals surface area contributed by atoms with Gasteiger partial charge in [-0.1, -0.05) is 48.5 Å². The molecule has 2 aliphatic rings. The summed E-state index contributed by atoms with van der Waals surface area (Å²) in [5, 5.41) is 3.23. The normalized spacial score (nSPS) is 17.2. The van der Waals surface area contributed by atoms with Crippen molar-refractivity contribution in [2.75, 3.05) is 64.8 Å². The van der Waals surface area contributed by atoms with Crippen LogP contribution in [0.4, 0.5) is 10.5 Å². The van der Waals surface area contributed by atoms with Crippen LogP contribution in [0.2, 0.25) is 0 Å². The molecular weight excluding hydrogens is 414 g/mol. The highest BCUT2D eigenvalue weighted by Gasteiger charge is 2.28. The number of anilines is 1. The molecule has 2 heterocycles. The molecule has 0 saturated carbocycles. The second-order valence-corrected chi connectivity index (χ2v) is 9.29. The first-order valence-electron chi connectivity index (χ1n) is 11.8. The first kappa shape index (κ1) is 23.3. The number of fused-ring (bicyclic) bond motifs is 1. The van der Waals surface area contributed by atoms with Crippen molar-refractivity contribution in [3.8, 4) is 0 Å². The number of urea groups is 1. The second-order valence-electron chi connectivity index (χ2n) is 9.29. The number of nitrogens with one attached hydrogen (secondary N) is 1. The van der Waals surface area contributed by atoms with Crippen molar-refractivity contribution in [3.63, 3.8) is 0 Å². The zero-order valence-electron chi connectivity index (χ0n) is 19.7. The van der Waals surface area contributed by atoms with Crippen LogP contribution in [-0.4, -0.2) is 92.6 Å². The molecule has 7 nitrogen and oxygen atoms in total. The lowest BCUT2D eigenvalue weighted by Crippen LogP contribution is -2.56. The fourth-order valence-corrected chi connectivity index (χ4v) is 4.75. The average Bonchev–Trinajstić information content (AvgIpc) is 3.24. The lowest BCUT2D eigenvalue weighted by atomic mass is 10.1. The third-order valence-electron chi connectivity index (χ3n) is 6.44. The summed E-state index contributed by atoms with van der Waals surface area (Å²) in [6.45, 7) is 4.64. The summed E-state index contributed by atoms with van der Waals surface area (Å²) in [7, 11) is 4.05. The molecule has 0 aromatic heterocycles. The zero-order chi connectivity index (χ0) is 23.2. The largest absolute Gasteiger partial charge is 0.334 e. The van der Waals surface area contributed by atoms with Crippen LogP contribution in [0.15, 0.2) is 54.6 Å². The van der Waals surface area contributed by atoms with Crippen LogP contribution >= 0.6 is 0 Å². The van der Waals surface area contributed by atoms with Crippen LogP contribution in [0.3, 0.4) is 0 Å². The monoisotopic (exact) mass is 449 g/mol. The van der Waals surface area contributed by atoms with Crippen molar-refractivity contribution in [1.29, 1.82) is 0 Å². The summed E-state index contributed by atoms with van der Waals surface area (Å²) in [6, 6.07) is 18.5. The van der Waals surface area contributed by atoms with E-state index in [0.29, 0.717) is 32.7 Å². The third-order valence-corrected chi connectivity index (χ3v) is 6.44. The van der Waals surface area contributed by atoms with E-state index in [2.05, 4.69) is 33.3 Å². The number of hydrogen-bond donors (Lipinski definition) is 1. The zero-order valence-corrected chi connectivity index (χ0v) is 19.7. The fraction of sp³-hybridized carbons (Fsp3) is 0.462. The summed E-state index contributed by atoms with van der Waals surface area (Å²) in [5.74, 6) is 0.145. The molecular formula is C26H35N5O2.